The first-order valence-electron chi connectivity index (χ1n) is 6.51. The number of hydrogen-bond donors (Lipinski definition) is 0. The summed E-state index contributed by atoms with van der Waals surface area (Å²) >= 11 is 0. The van der Waals surface area contributed by atoms with Crippen LogP contribution in [0.3, 0.4) is 0 Å². The van der Waals surface area contributed by atoms with E-state index in [1.54, 1.807) is 13.8 Å². The van der Waals surface area contributed by atoms with Gasteiger partial charge in [0.15, 0.2) is 17.4 Å². The van der Waals surface area contributed by atoms with Gasteiger partial charge in [-0.15, -0.1) is 0 Å². The Morgan fingerprint density at radius 2 is 1.68 bits per heavy atom. The minimum atomic E-state index is -1.05. The monoisotopic (exact) mass is 269 g/mol. The summed E-state index contributed by atoms with van der Waals surface area (Å²) in [7, 11) is 0. The molecule has 0 aromatic heterocycles. The molecule has 0 atom stereocenters. The predicted molar refractivity (Wildman–Crippen MR) is 72.4 cm³/mol. The van der Waals surface area contributed by atoms with Crippen LogP contribution in [0.15, 0.2) is 12.1 Å². The van der Waals surface area contributed by atoms with Crippen LogP contribution in [0, 0.1) is 18.6 Å². The highest BCUT2D eigenvalue weighted by Crippen LogP contribution is 2.24. The Kier molecular flexibility index (Phi) is 4.80. The third-order valence-corrected chi connectivity index (χ3v) is 3.63. The Bertz CT molecular complexity index is 479. The fourth-order valence-electron chi connectivity index (χ4n) is 2.31. The highest BCUT2D eigenvalue weighted by atomic mass is 19.2. The molecule has 0 fully saturated rings. The Labute approximate surface area is 113 Å². The largest absolute Gasteiger partial charge is 0.292 e. The molecule has 0 spiro atoms. The number of nitrogens with zero attached hydrogens (tertiary/aromatic N) is 1. The van der Waals surface area contributed by atoms with Crippen molar-refractivity contribution >= 4 is 5.78 Å². The van der Waals surface area contributed by atoms with Crippen LogP contribution in [0.1, 0.15) is 43.6 Å². The molecule has 0 heterocycles. The highest BCUT2D eigenvalue weighted by molar-refractivity contribution is 6.03. The Hall–Kier alpha value is -1.29. The second-order valence-electron chi connectivity index (χ2n) is 5.12. The van der Waals surface area contributed by atoms with Gasteiger partial charge in [0, 0.05) is 0 Å². The smallest absolute Gasteiger partial charge is 0.185 e. The molecular weight excluding hydrogens is 248 g/mol. The van der Waals surface area contributed by atoms with E-state index in [-0.39, 0.29) is 11.1 Å². The minimum absolute atomic E-state index is 0.181. The highest BCUT2D eigenvalue weighted by Gasteiger charge is 2.35. The molecule has 0 amide bonds. The van der Waals surface area contributed by atoms with Crippen LogP contribution in [0.2, 0.25) is 0 Å². The molecule has 4 heteroatoms. The molecule has 0 unspecified atom stereocenters. The molecular formula is C15H21F2NO. The Balaban J connectivity index is 3.24. The summed E-state index contributed by atoms with van der Waals surface area (Å²) in [5.74, 6) is -2.39. The summed E-state index contributed by atoms with van der Waals surface area (Å²) in [6.45, 7) is 10.2. The standard InChI is InChI=1S/C15H21F2NO/c1-6-18(7-2)15(4,5)14(19)11-9-8-10(3)12(16)13(11)17/h8-9H,6-7H2,1-5H3. The van der Waals surface area contributed by atoms with E-state index >= 15 is 0 Å². The molecule has 19 heavy (non-hydrogen) atoms. The van der Waals surface area contributed by atoms with E-state index in [1.807, 2.05) is 18.7 Å². The maximum Gasteiger partial charge on any atom is 0.185 e. The third kappa shape index (κ3) is 2.84. The number of likely N-dealkylation sites (N-methyl/N-ethyl adjacent to an activating group) is 1. The van der Waals surface area contributed by atoms with Crippen molar-refractivity contribution in [3.05, 3.63) is 34.9 Å². The second-order valence-corrected chi connectivity index (χ2v) is 5.12. The van der Waals surface area contributed by atoms with Crippen LogP contribution >= 0.6 is 0 Å². The molecule has 0 N–H and O–H groups in total. The lowest BCUT2D eigenvalue weighted by Gasteiger charge is -2.35. The van der Waals surface area contributed by atoms with Gasteiger partial charge in [0.1, 0.15) is 0 Å². The third-order valence-electron chi connectivity index (χ3n) is 3.63. The summed E-state index contributed by atoms with van der Waals surface area (Å²) in [5, 5.41) is 0. The lowest BCUT2D eigenvalue weighted by Crippen LogP contribution is -2.50. The molecule has 0 aliphatic heterocycles. The van der Waals surface area contributed by atoms with Crippen molar-refractivity contribution in [2.45, 2.75) is 40.2 Å². The van der Waals surface area contributed by atoms with Gasteiger partial charge in [0.25, 0.3) is 0 Å². The number of benzene rings is 1. The summed E-state index contributed by atoms with van der Waals surface area (Å²) in [5.41, 5.74) is -0.832. The predicted octanol–water partition coefficient (Wildman–Crippen LogP) is 3.58. The quantitative estimate of drug-likeness (QED) is 0.762. The van der Waals surface area contributed by atoms with E-state index in [4.69, 9.17) is 0 Å². The molecule has 0 saturated carbocycles. The van der Waals surface area contributed by atoms with E-state index < -0.39 is 23.0 Å². The van der Waals surface area contributed by atoms with Crippen LogP contribution in [0.25, 0.3) is 0 Å². The van der Waals surface area contributed by atoms with Crippen LogP contribution in [-0.4, -0.2) is 29.3 Å². The fraction of sp³-hybridized carbons (Fsp3) is 0.533. The van der Waals surface area contributed by atoms with Crippen LogP contribution in [0.5, 0.6) is 0 Å². The van der Waals surface area contributed by atoms with Gasteiger partial charge >= 0.3 is 0 Å². The summed E-state index contributed by atoms with van der Waals surface area (Å²) in [6.07, 6.45) is 0. The van der Waals surface area contributed by atoms with Crippen molar-refractivity contribution in [3.63, 3.8) is 0 Å². The molecule has 0 aliphatic rings. The topological polar surface area (TPSA) is 20.3 Å². The van der Waals surface area contributed by atoms with E-state index in [1.165, 1.54) is 19.1 Å². The maximum absolute atomic E-state index is 13.9. The Morgan fingerprint density at radius 1 is 1.16 bits per heavy atom. The van der Waals surface area contributed by atoms with Crippen LogP contribution in [-0.2, 0) is 0 Å². The molecule has 1 aromatic carbocycles. The van der Waals surface area contributed by atoms with Crippen LogP contribution in [0.4, 0.5) is 8.78 Å². The molecule has 0 aliphatic carbocycles. The maximum atomic E-state index is 13.9. The van der Waals surface area contributed by atoms with Gasteiger partial charge in [-0.1, -0.05) is 19.9 Å². The van der Waals surface area contributed by atoms with E-state index in [9.17, 15) is 13.6 Å². The first-order valence-corrected chi connectivity index (χ1v) is 6.51. The van der Waals surface area contributed by atoms with Crippen LogP contribution < -0.4 is 0 Å². The number of carbonyl (C=O) groups is 1. The number of hydrogen-bond acceptors (Lipinski definition) is 2. The van der Waals surface area contributed by atoms with Gasteiger partial charge in [-0.3, -0.25) is 9.69 Å². The number of aryl methyl sites for hydroxylation is 1. The fourth-order valence-corrected chi connectivity index (χ4v) is 2.31. The lowest BCUT2D eigenvalue weighted by molar-refractivity contribution is 0.0663. The molecule has 1 rings (SSSR count). The molecule has 106 valence electrons. The van der Waals surface area contributed by atoms with Crippen molar-refractivity contribution in [1.29, 1.82) is 0 Å². The van der Waals surface area contributed by atoms with Gasteiger partial charge in [-0.25, -0.2) is 8.78 Å². The van der Waals surface area contributed by atoms with Crippen molar-refractivity contribution in [2.24, 2.45) is 0 Å². The molecule has 0 saturated heterocycles. The number of carbonyl (C=O) groups excluding carboxylic acids is 1. The van der Waals surface area contributed by atoms with Gasteiger partial charge in [-0.2, -0.15) is 0 Å². The lowest BCUT2D eigenvalue weighted by atomic mass is 9.90. The summed E-state index contributed by atoms with van der Waals surface area (Å²) in [4.78, 5) is 14.4. The van der Waals surface area contributed by atoms with E-state index in [0.29, 0.717) is 13.1 Å². The molecule has 0 radical (unpaired) electrons. The van der Waals surface area contributed by atoms with Gasteiger partial charge in [0.05, 0.1) is 11.1 Å². The van der Waals surface area contributed by atoms with Crippen molar-refractivity contribution in [2.75, 3.05) is 13.1 Å². The van der Waals surface area contributed by atoms with Gasteiger partial charge in [-0.05, 0) is 45.5 Å². The summed E-state index contributed by atoms with van der Waals surface area (Å²) < 4.78 is 27.5. The number of ketones is 1. The minimum Gasteiger partial charge on any atom is -0.292 e. The number of halogens is 2. The molecule has 2 nitrogen and oxygen atoms in total. The average molecular weight is 269 g/mol. The zero-order valence-corrected chi connectivity index (χ0v) is 12.2. The van der Waals surface area contributed by atoms with Crippen molar-refractivity contribution in [1.82, 2.24) is 4.90 Å². The van der Waals surface area contributed by atoms with E-state index in [2.05, 4.69) is 0 Å². The Morgan fingerprint density at radius 3 is 2.16 bits per heavy atom. The first kappa shape index (κ1) is 15.8. The van der Waals surface area contributed by atoms with Gasteiger partial charge < -0.3 is 0 Å². The normalized spacial score (nSPS) is 12.0. The molecule has 1 aromatic rings. The van der Waals surface area contributed by atoms with Crippen molar-refractivity contribution in [3.8, 4) is 0 Å². The van der Waals surface area contributed by atoms with Gasteiger partial charge in [0.2, 0.25) is 0 Å². The molecule has 0 bridgehead atoms. The van der Waals surface area contributed by atoms with E-state index in [0.717, 1.165) is 0 Å². The SMILES string of the molecule is CCN(CC)C(C)(C)C(=O)c1ccc(C)c(F)c1F. The number of rotatable bonds is 5. The number of Topliss-reactive ketones (excluding diaryl/α,β-unsaturated/α-hetero) is 1. The van der Waals surface area contributed by atoms with Crippen molar-refractivity contribution < 1.29 is 13.6 Å². The zero-order valence-electron chi connectivity index (χ0n) is 12.2. The first-order chi connectivity index (χ1) is 8.77. The average Bonchev–Trinajstić information content (AvgIpc) is 2.36. The summed E-state index contributed by atoms with van der Waals surface area (Å²) in [6, 6.07) is 2.80. The zero-order chi connectivity index (χ0) is 14.8. The second kappa shape index (κ2) is 5.78.